The zero-order valence-corrected chi connectivity index (χ0v) is 18.9. The maximum atomic E-state index is 13.3. The number of hydrogen-bond donors (Lipinski definition) is 2. The van der Waals surface area contributed by atoms with Crippen molar-refractivity contribution in [3.63, 3.8) is 0 Å². The normalized spacial score (nSPS) is 21.9. The number of nitrogens with zero attached hydrogens (tertiary/aromatic N) is 1. The van der Waals surface area contributed by atoms with Crippen LogP contribution in [-0.2, 0) is 19.1 Å². The minimum atomic E-state index is -2.24. The molecule has 0 spiro atoms. The van der Waals surface area contributed by atoms with Crippen molar-refractivity contribution in [1.29, 1.82) is 0 Å². The number of ether oxygens (including phenoxy) is 2. The second-order valence-corrected chi connectivity index (χ2v) is 9.55. The van der Waals surface area contributed by atoms with Crippen LogP contribution in [0.4, 0.5) is 4.79 Å². The summed E-state index contributed by atoms with van der Waals surface area (Å²) in [6.07, 6.45) is -1.16. The molecule has 2 aliphatic rings. The second-order valence-electron chi connectivity index (χ2n) is 9.55. The van der Waals surface area contributed by atoms with Crippen molar-refractivity contribution < 1.29 is 29.0 Å². The Morgan fingerprint density at radius 1 is 1.06 bits per heavy atom. The minimum absolute atomic E-state index is 0.0563. The Labute approximate surface area is 192 Å². The van der Waals surface area contributed by atoms with Crippen LogP contribution in [0.5, 0.6) is 0 Å². The summed E-state index contributed by atoms with van der Waals surface area (Å²) in [6.45, 7) is 4.81. The molecule has 8 heteroatoms. The van der Waals surface area contributed by atoms with E-state index < -0.39 is 35.2 Å². The van der Waals surface area contributed by atoms with Crippen LogP contribution < -0.4 is 5.73 Å². The molecule has 1 fully saturated rings. The summed E-state index contributed by atoms with van der Waals surface area (Å²) >= 11 is 0. The molecule has 0 radical (unpaired) electrons. The molecule has 8 nitrogen and oxygen atoms in total. The van der Waals surface area contributed by atoms with Gasteiger partial charge in [-0.25, -0.2) is 14.4 Å². The topological polar surface area (TPSA) is 119 Å². The van der Waals surface area contributed by atoms with Crippen LogP contribution in [0.1, 0.15) is 44.2 Å². The van der Waals surface area contributed by atoms with E-state index in [1.54, 1.807) is 20.8 Å². The molecule has 2 atom stereocenters. The molecule has 1 aliphatic heterocycles. The highest BCUT2D eigenvalue weighted by molar-refractivity contribution is 6.07. The minimum Gasteiger partial charge on any atom is -0.479 e. The second kappa shape index (κ2) is 8.19. The predicted octanol–water partition coefficient (Wildman–Crippen LogP) is 3.13. The zero-order chi connectivity index (χ0) is 24.0. The summed E-state index contributed by atoms with van der Waals surface area (Å²) < 4.78 is 11.0. The van der Waals surface area contributed by atoms with Crippen LogP contribution >= 0.6 is 0 Å². The number of nitrogens with two attached hydrogens (primary N) is 1. The Balaban J connectivity index is 1.61. The molecule has 33 heavy (non-hydrogen) atoms. The van der Waals surface area contributed by atoms with Gasteiger partial charge in [-0.2, -0.15) is 0 Å². The van der Waals surface area contributed by atoms with Crippen LogP contribution in [0.25, 0.3) is 11.1 Å². The van der Waals surface area contributed by atoms with Crippen LogP contribution in [0.3, 0.4) is 0 Å². The molecule has 2 aromatic carbocycles. The Bertz CT molecular complexity index is 1060. The van der Waals surface area contributed by atoms with E-state index >= 15 is 0 Å². The van der Waals surface area contributed by atoms with Gasteiger partial charge in [0.15, 0.2) is 0 Å². The first-order valence-electron chi connectivity index (χ1n) is 10.9. The number of carbonyl (C=O) groups excluding carboxylic acids is 2. The Morgan fingerprint density at radius 3 is 2.12 bits per heavy atom. The largest absolute Gasteiger partial charge is 0.479 e. The molecule has 0 unspecified atom stereocenters. The average Bonchev–Trinajstić information content (AvgIpc) is 3.27. The summed E-state index contributed by atoms with van der Waals surface area (Å²) in [4.78, 5) is 39.4. The van der Waals surface area contributed by atoms with Gasteiger partial charge in [-0.3, -0.25) is 4.90 Å². The highest BCUT2D eigenvalue weighted by Crippen LogP contribution is 2.45. The van der Waals surface area contributed by atoms with E-state index in [1.807, 2.05) is 48.5 Å². The lowest BCUT2D eigenvalue weighted by Gasteiger charge is -2.34. The summed E-state index contributed by atoms with van der Waals surface area (Å²) in [6, 6.07) is 15.0. The highest BCUT2D eigenvalue weighted by atomic mass is 16.6. The monoisotopic (exact) mass is 452 g/mol. The molecule has 1 heterocycles. The summed E-state index contributed by atoms with van der Waals surface area (Å²) in [7, 11) is 0. The Morgan fingerprint density at radius 2 is 1.61 bits per heavy atom. The first kappa shape index (κ1) is 22.8. The smallest absolute Gasteiger partial charge is 0.411 e. The number of likely N-dealkylation sites (tertiary alicyclic amines) is 1. The fraction of sp³-hybridized carbons (Fsp3) is 0.400. The van der Waals surface area contributed by atoms with Crippen LogP contribution in [-0.4, -0.2) is 58.4 Å². The number of carboxylic acid groups (broad SMARTS) is 1. The van der Waals surface area contributed by atoms with Gasteiger partial charge in [0.05, 0.1) is 0 Å². The lowest BCUT2D eigenvalue weighted by Crippen LogP contribution is -2.60. The summed E-state index contributed by atoms with van der Waals surface area (Å²) in [5.74, 6) is -2.74. The van der Waals surface area contributed by atoms with Gasteiger partial charge in [-0.05, 0) is 43.0 Å². The number of aliphatic carboxylic acids is 1. The third-order valence-electron chi connectivity index (χ3n) is 6.08. The number of fused-ring (bicyclic) bond motifs is 3. The fourth-order valence-corrected chi connectivity index (χ4v) is 4.69. The lowest BCUT2D eigenvalue weighted by molar-refractivity contribution is -0.169. The van der Waals surface area contributed by atoms with Crippen molar-refractivity contribution in [2.45, 2.75) is 50.3 Å². The molecular weight excluding hydrogens is 424 g/mol. The van der Waals surface area contributed by atoms with Crippen molar-refractivity contribution in [2.24, 2.45) is 5.73 Å². The standard InChI is InChI=1S/C25H28N2O6/c1-24(2,3)33-23(31)27-13-15(26)12-25(27,21(28)29)22(30)32-14-20-18-10-6-4-8-16(18)17-9-5-7-11-19(17)20/h4-11,15,20H,12-14,26H2,1-3H3,(H,28,29)/t15-,25+/m0/s1. The number of carbonyl (C=O) groups is 3. The van der Waals surface area contributed by atoms with E-state index in [0.717, 1.165) is 27.2 Å². The zero-order valence-electron chi connectivity index (χ0n) is 18.9. The number of amides is 1. The van der Waals surface area contributed by atoms with Crippen molar-refractivity contribution in [3.05, 3.63) is 59.7 Å². The first-order valence-corrected chi connectivity index (χ1v) is 10.9. The SMILES string of the molecule is CC(C)(C)OC(=O)N1C[C@@H](N)C[C@@]1(C(=O)O)C(=O)OCC1c2ccccc2-c2ccccc21. The molecular formula is C25H28N2O6. The molecule has 174 valence electrons. The molecule has 0 saturated carbocycles. The average molecular weight is 453 g/mol. The fourth-order valence-electron chi connectivity index (χ4n) is 4.69. The first-order chi connectivity index (χ1) is 15.5. The number of benzene rings is 2. The highest BCUT2D eigenvalue weighted by Gasteiger charge is 2.61. The molecule has 1 amide bonds. The van der Waals surface area contributed by atoms with Gasteiger partial charge in [0.25, 0.3) is 0 Å². The maximum Gasteiger partial charge on any atom is 0.411 e. The van der Waals surface area contributed by atoms with E-state index in [1.165, 1.54) is 0 Å². The molecule has 1 saturated heterocycles. The van der Waals surface area contributed by atoms with E-state index in [9.17, 15) is 19.5 Å². The summed E-state index contributed by atoms with van der Waals surface area (Å²) in [5.41, 5.74) is 7.02. The number of rotatable bonds is 4. The lowest BCUT2D eigenvalue weighted by atomic mass is 9.94. The Kier molecular flexibility index (Phi) is 5.66. The molecule has 0 bridgehead atoms. The molecule has 4 rings (SSSR count). The van der Waals surface area contributed by atoms with Gasteiger partial charge < -0.3 is 20.3 Å². The maximum absolute atomic E-state index is 13.3. The van der Waals surface area contributed by atoms with E-state index in [2.05, 4.69) is 0 Å². The quantitative estimate of drug-likeness (QED) is 0.540. The van der Waals surface area contributed by atoms with Gasteiger partial charge in [0, 0.05) is 24.9 Å². The van der Waals surface area contributed by atoms with Crippen LogP contribution in [0, 0.1) is 0 Å². The number of esters is 1. The van der Waals surface area contributed by atoms with E-state index in [0.29, 0.717) is 0 Å². The third kappa shape index (κ3) is 3.95. The van der Waals surface area contributed by atoms with Crippen LogP contribution in [0.2, 0.25) is 0 Å². The van der Waals surface area contributed by atoms with Crippen molar-refractivity contribution in [3.8, 4) is 11.1 Å². The molecule has 1 aliphatic carbocycles. The molecule has 2 aromatic rings. The van der Waals surface area contributed by atoms with Gasteiger partial charge in [0.1, 0.15) is 12.2 Å². The predicted molar refractivity (Wildman–Crippen MR) is 121 cm³/mol. The molecule has 3 N–H and O–H groups in total. The number of carboxylic acids is 1. The Hall–Kier alpha value is -3.39. The van der Waals surface area contributed by atoms with Crippen LogP contribution in [0.15, 0.2) is 48.5 Å². The van der Waals surface area contributed by atoms with E-state index in [4.69, 9.17) is 15.2 Å². The van der Waals surface area contributed by atoms with Gasteiger partial charge >= 0.3 is 18.0 Å². The van der Waals surface area contributed by atoms with Gasteiger partial charge in [-0.15, -0.1) is 0 Å². The van der Waals surface area contributed by atoms with Gasteiger partial charge in [0.2, 0.25) is 5.54 Å². The van der Waals surface area contributed by atoms with Gasteiger partial charge in [-0.1, -0.05) is 48.5 Å². The number of hydrogen-bond acceptors (Lipinski definition) is 6. The van der Waals surface area contributed by atoms with Crippen molar-refractivity contribution >= 4 is 18.0 Å². The van der Waals surface area contributed by atoms with Crippen molar-refractivity contribution in [2.75, 3.05) is 13.2 Å². The third-order valence-corrected chi connectivity index (χ3v) is 6.08. The van der Waals surface area contributed by atoms with E-state index in [-0.39, 0.29) is 25.5 Å². The van der Waals surface area contributed by atoms with Crippen molar-refractivity contribution in [1.82, 2.24) is 4.90 Å². The molecule has 0 aromatic heterocycles. The summed E-state index contributed by atoms with van der Waals surface area (Å²) in [5, 5.41) is 10.1.